The molecule has 0 aliphatic heterocycles. The molecule has 1 aromatic rings. The van der Waals surface area contributed by atoms with E-state index in [1.807, 2.05) is 12.1 Å². The van der Waals surface area contributed by atoms with Gasteiger partial charge in [0.2, 0.25) is 0 Å². The predicted molar refractivity (Wildman–Crippen MR) is 66.4 cm³/mol. The molecule has 0 radical (unpaired) electrons. The molecule has 0 spiro atoms. The molecule has 1 atom stereocenters. The van der Waals surface area contributed by atoms with Gasteiger partial charge in [-0.05, 0) is 42.9 Å². The zero-order valence-corrected chi connectivity index (χ0v) is 9.95. The van der Waals surface area contributed by atoms with Crippen LogP contribution in [0.3, 0.4) is 0 Å². The molecule has 88 valence electrons. The zero-order chi connectivity index (χ0) is 11.4. The zero-order valence-electron chi connectivity index (χ0n) is 9.95. The first-order chi connectivity index (χ1) is 7.79. The monoisotopic (exact) mass is 219 g/mol. The Kier molecular flexibility index (Phi) is 3.83. The minimum Gasteiger partial charge on any atom is -0.508 e. The number of benzene rings is 1. The molecule has 0 amide bonds. The van der Waals surface area contributed by atoms with Crippen LogP contribution in [0, 0.1) is 5.92 Å². The van der Waals surface area contributed by atoms with Crippen LogP contribution in [0.4, 0.5) is 0 Å². The van der Waals surface area contributed by atoms with E-state index in [9.17, 15) is 5.11 Å². The number of hydrogen-bond donors (Lipinski definition) is 2. The van der Waals surface area contributed by atoms with E-state index in [1.54, 1.807) is 6.07 Å². The summed E-state index contributed by atoms with van der Waals surface area (Å²) >= 11 is 0. The largest absolute Gasteiger partial charge is 0.508 e. The summed E-state index contributed by atoms with van der Waals surface area (Å²) in [7, 11) is 0. The molecule has 1 saturated carbocycles. The Morgan fingerprint density at radius 1 is 1.44 bits per heavy atom. The molecule has 1 fully saturated rings. The van der Waals surface area contributed by atoms with Crippen molar-refractivity contribution in [1.29, 1.82) is 0 Å². The van der Waals surface area contributed by atoms with Gasteiger partial charge in [-0.2, -0.15) is 0 Å². The van der Waals surface area contributed by atoms with E-state index >= 15 is 0 Å². The number of rotatable bonds is 6. The molecule has 2 heteroatoms. The van der Waals surface area contributed by atoms with Crippen LogP contribution in [0.2, 0.25) is 0 Å². The van der Waals surface area contributed by atoms with Crippen molar-refractivity contribution in [3.63, 3.8) is 0 Å². The minimum atomic E-state index is 0.359. The average Bonchev–Trinajstić information content (AvgIpc) is 3.08. The molecule has 1 aromatic carbocycles. The van der Waals surface area contributed by atoms with Gasteiger partial charge in [0.1, 0.15) is 5.75 Å². The van der Waals surface area contributed by atoms with E-state index in [-0.39, 0.29) is 0 Å². The SMILES string of the molecule is CCCC(NCc1cccc(O)c1)C1CC1. The van der Waals surface area contributed by atoms with Gasteiger partial charge in [0.05, 0.1) is 0 Å². The fourth-order valence-corrected chi connectivity index (χ4v) is 2.23. The standard InChI is InChI=1S/C14H21NO/c1-2-4-14(12-7-8-12)15-10-11-5-3-6-13(16)9-11/h3,5-6,9,12,14-16H,2,4,7-8,10H2,1H3. The molecule has 0 bridgehead atoms. The van der Waals surface area contributed by atoms with Gasteiger partial charge in [-0.15, -0.1) is 0 Å². The number of hydrogen-bond acceptors (Lipinski definition) is 2. The molecule has 0 heterocycles. The maximum absolute atomic E-state index is 9.38. The van der Waals surface area contributed by atoms with E-state index in [0.717, 1.165) is 12.5 Å². The Bertz CT molecular complexity index is 333. The molecule has 2 rings (SSSR count). The summed E-state index contributed by atoms with van der Waals surface area (Å²) in [4.78, 5) is 0. The minimum absolute atomic E-state index is 0.359. The van der Waals surface area contributed by atoms with Crippen LogP contribution in [-0.4, -0.2) is 11.1 Å². The van der Waals surface area contributed by atoms with E-state index in [0.29, 0.717) is 11.8 Å². The van der Waals surface area contributed by atoms with Gasteiger partial charge in [0.25, 0.3) is 0 Å². The topological polar surface area (TPSA) is 32.3 Å². The normalized spacial score (nSPS) is 17.3. The lowest BCUT2D eigenvalue weighted by Crippen LogP contribution is -2.30. The Balaban J connectivity index is 1.85. The van der Waals surface area contributed by atoms with Crippen LogP contribution in [-0.2, 0) is 6.54 Å². The van der Waals surface area contributed by atoms with Gasteiger partial charge in [0.15, 0.2) is 0 Å². The third kappa shape index (κ3) is 3.24. The molecule has 2 nitrogen and oxygen atoms in total. The van der Waals surface area contributed by atoms with Crippen LogP contribution in [0.5, 0.6) is 5.75 Å². The summed E-state index contributed by atoms with van der Waals surface area (Å²) in [5, 5.41) is 13.0. The van der Waals surface area contributed by atoms with Gasteiger partial charge < -0.3 is 10.4 Å². The number of nitrogens with one attached hydrogen (secondary N) is 1. The van der Waals surface area contributed by atoms with Crippen LogP contribution in [0.25, 0.3) is 0 Å². The number of aromatic hydroxyl groups is 1. The van der Waals surface area contributed by atoms with E-state index in [2.05, 4.69) is 18.3 Å². The van der Waals surface area contributed by atoms with Gasteiger partial charge in [0, 0.05) is 12.6 Å². The predicted octanol–water partition coefficient (Wildman–Crippen LogP) is 3.06. The van der Waals surface area contributed by atoms with E-state index < -0.39 is 0 Å². The highest BCUT2D eigenvalue weighted by atomic mass is 16.3. The second-order valence-electron chi connectivity index (χ2n) is 4.78. The van der Waals surface area contributed by atoms with E-state index in [4.69, 9.17) is 0 Å². The maximum Gasteiger partial charge on any atom is 0.115 e. The Morgan fingerprint density at radius 3 is 2.88 bits per heavy atom. The highest BCUT2D eigenvalue weighted by molar-refractivity contribution is 5.26. The number of phenolic OH excluding ortho intramolecular Hbond substituents is 1. The van der Waals surface area contributed by atoms with Crippen molar-refractivity contribution in [1.82, 2.24) is 5.32 Å². The molecule has 1 unspecified atom stereocenters. The van der Waals surface area contributed by atoms with Gasteiger partial charge in [-0.3, -0.25) is 0 Å². The maximum atomic E-state index is 9.38. The van der Waals surface area contributed by atoms with Gasteiger partial charge >= 0.3 is 0 Å². The highest BCUT2D eigenvalue weighted by Gasteiger charge is 2.29. The molecule has 0 saturated heterocycles. The van der Waals surface area contributed by atoms with Crippen molar-refractivity contribution >= 4 is 0 Å². The van der Waals surface area contributed by atoms with Crippen molar-refractivity contribution in [2.24, 2.45) is 5.92 Å². The summed E-state index contributed by atoms with van der Waals surface area (Å²) in [6, 6.07) is 8.19. The summed E-state index contributed by atoms with van der Waals surface area (Å²) in [6.45, 7) is 3.11. The second kappa shape index (κ2) is 5.35. The molecule has 1 aliphatic carbocycles. The van der Waals surface area contributed by atoms with Crippen LogP contribution in [0.15, 0.2) is 24.3 Å². The van der Waals surface area contributed by atoms with Crippen molar-refractivity contribution in [3.8, 4) is 5.75 Å². The molecule has 1 aliphatic rings. The van der Waals surface area contributed by atoms with Crippen molar-refractivity contribution in [2.75, 3.05) is 0 Å². The molecular formula is C14H21NO. The summed E-state index contributed by atoms with van der Waals surface area (Å²) in [6.07, 6.45) is 5.28. The average molecular weight is 219 g/mol. The fraction of sp³-hybridized carbons (Fsp3) is 0.571. The van der Waals surface area contributed by atoms with E-state index in [1.165, 1.54) is 31.2 Å². The number of phenols is 1. The Morgan fingerprint density at radius 2 is 2.25 bits per heavy atom. The lowest BCUT2D eigenvalue weighted by molar-refractivity contribution is 0.428. The fourth-order valence-electron chi connectivity index (χ4n) is 2.23. The quantitative estimate of drug-likeness (QED) is 0.770. The Labute approximate surface area is 97.7 Å². The summed E-state index contributed by atoms with van der Waals surface area (Å²) in [5.41, 5.74) is 1.17. The molecular weight excluding hydrogens is 198 g/mol. The summed E-state index contributed by atoms with van der Waals surface area (Å²) in [5.74, 6) is 1.26. The molecule has 0 aromatic heterocycles. The molecule has 16 heavy (non-hydrogen) atoms. The first kappa shape index (κ1) is 11.5. The van der Waals surface area contributed by atoms with Crippen LogP contribution < -0.4 is 5.32 Å². The van der Waals surface area contributed by atoms with Crippen LogP contribution in [0.1, 0.15) is 38.2 Å². The van der Waals surface area contributed by atoms with Gasteiger partial charge in [-0.1, -0.05) is 25.5 Å². The third-order valence-electron chi connectivity index (χ3n) is 3.27. The van der Waals surface area contributed by atoms with Crippen molar-refractivity contribution in [3.05, 3.63) is 29.8 Å². The van der Waals surface area contributed by atoms with Crippen molar-refractivity contribution in [2.45, 2.75) is 45.2 Å². The lowest BCUT2D eigenvalue weighted by Gasteiger charge is -2.17. The highest BCUT2D eigenvalue weighted by Crippen LogP contribution is 2.34. The lowest BCUT2D eigenvalue weighted by atomic mass is 10.1. The summed E-state index contributed by atoms with van der Waals surface area (Å²) < 4.78 is 0. The van der Waals surface area contributed by atoms with Crippen LogP contribution >= 0.6 is 0 Å². The first-order valence-corrected chi connectivity index (χ1v) is 6.31. The second-order valence-corrected chi connectivity index (χ2v) is 4.78. The Hall–Kier alpha value is -1.02. The van der Waals surface area contributed by atoms with Crippen molar-refractivity contribution < 1.29 is 5.11 Å². The third-order valence-corrected chi connectivity index (χ3v) is 3.27. The first-order valence-electron chi connectivity index (χ1n) is 6.31. The smallest absolute Gasteiger partial charge is 0.115 e. The molecule has 2 N–H and O–H groups in total. The van der Waals surface area contributed by atoms with Gasteiger partial charge in [-0.25, -0.2) is 0 Å².